The number of hydrogen-bond donors (Lipinski definition) is 1. The number of methoxy groups -OCH3 is 2. The molecule has 0 aliphatic heterocycles. The topological polar surface area (TPSA) is 54.4 Å². The molecule has 0 aromatic heterocycles. The van der Waals surface area contributed by atoms with Gasteiger partial charge in [-0.2, -0.15) is 0 Å². The lowest BCUT2D eigenvalue weighted by molar-refractivity contribution is 0.0843. The summed E-state index contributed by atoms with van der Waals surface area (Å²) in [7, 11) is 7.50. The largest absolute Gasteiger partial charge is 0.508 e. The number of phenols is 1. The van der Waals surface area contributed by atoms with Crippen LogP contribution in [0.25, 0.3) is 0 Å². The van der Waals surface area contributed by atoms with Crippen LogP contribution in [-0.4, -0.2) is 57.0 Å². The highest BCUT2D eigenvalue weighted by Crippen LogP contribution is 2.44. The van der Waals surface area contributed by atoms with Crippen molar-refractivity contribution in [2.45, 2.75) is 69.9 Å². The van der Waals surface area contributed by atoms with E-state index in [4.69, 9.17) is 14.2 Å². The molecule has 3 aromatic rings. The van der Waals surface area contributed by atoms with Gasteiger partial charge in [-0.1, -0.05) is 25.0 Å². The van der Waals surface area contributed by atoms with Gasteiger partial charge in [0, 0.05) is 24.8 Å². The Bertz CT molecular complexity index is 1390. The summed E-state index contributed by atoms with van der Waals surface area (Å²) in [6, 6.07) is 15.2. The normalized spacial score (nSPS) is 17.6. The summed E-state index contributed by atoms with van der Waals surface area (Å²) in [5.74, 6) is 1.96. The van der Waals surface area contributed by atoms with E-state index >= 15 is 4.39 Å². The molecular weight excluding hydrogens is 531 g/mol. The van der Waals surface area contributed by atoms with Gasteiger partial charge in [-0.3, -0.25) is 0 Å². The van der Waals surface area contributed by atoms with Crippen LogP contribution in [0, 0.1) is 5.82 Å². The smallest absolute Gasteiger partial charge is 0.165 e. The monoisotopic (exact) mass is 576 g/mol. The minimum Gasteiger partial charge on any atom is -0.508 e. The summed E-state index contributed by atoms with van der Waals surface area (Å²) in [5, 5.41) is 9.96. The summed E-state index contributed by atoms with van der Waals surface area (Å²) < 4.78 is 32.8. The van der Waals surface area contributed by atoms with Crippen molar-refractivity contribution in [3.05, 3.63) is 76.6 Å². The number of likely N-dealkylation sites (N-methyl/N-ethyl adjacent to an activating group) is 1. The lowest BCUT2D eigenvalue weighted by Crippen LogP contribution is -2.46. The molecule has 2 aliphatic carbocycles. The number of rotatable bonds is 11. The van der Waals surface area contributed by atoms with Crippen molar-refractivity contribution < 1.29 is 23.7 Å². The van der Waals surface area contributed by atoms with Gasteiger partial charge in [-0.05, 0) is 112 Å². The number of hydrogen-bond acceptors (Lipinski definition) is 6. The number of aryl methyl sites for hydroxylation is 1. The molecule has 0 spiro atoms. The molecule has 0 saturated heterocycles. The number of halogens is 1. The molecule has 1 N–H and O–H groups in total. The van der Waals surface area contributed by atoms with Crippen LogP contribution in [-0.2, 0) is 19.4 Å². The average Bonchev–Trinajstić information content (AvgIpc) is 3.49. The number of phenolic OH excluding ortho intramolecular Hbond substituents is 1. The zero-order valence-electron chi connectivity index (χ0n) is 25.7. The fraction of sp³-hybridized carbons (Fsp3) is 0.486. The van der Waals surface area contributed by atoms with Crippen molar-refractivity contribution in [1.29, 1.82) is 0 Å². The molecule has 0 radical (unpaired) electrons. The predicted molar refractivity (Wildman–Crippen MR) is 166 cm³/mol. The van der Waals surface area contributed by atoms with Gasteiger partial charge in [0.05, 0.1) is 19.8 Å². The third-order valence-corrected chi connectivity index (χ3v) is 9.46. The highest BCUT2D eigenvalue weighted by molar-refractivity contribution is 5.64. The quantitative estimate of drug-likeness (QED) is 0.263. The van der Waals surface area contributed by atoms with E-state index in [1.54, 1.807) is 32.4 Å². The van der Waals surface area contributed by atoms with Crippen LogP contribution < -0.4 is 19.1 Å². The second-order valence-corrected chi connectivity index (χ2v) is 12.1. The van der Waals surface area contributed by atoms with Crippen molar-refractivity contribution in [2.24, 2.45) is 0 Å². The lowest BCUT2D eigenvalue weighted by atomic mass is 9.79. The van der Waals surface area contributed by atoms with Crippen molar-refractivity contribution >= 4 is 5.69 Å². The molecule has 1 atom stereocenters. The maximum Gasteiger partial charge on any atom is 0.165 e. The van der Waals surface area contributed by atoms with Crippen LogP contribution >= 0.6 is 0 Å². The summed E-state index contributed by atoms with van der Waals surface area (Å²) in [5.41, 5.74) is 5.60. The Hall–Kier alpha value is -3.45. The van der Waals surface area contributed by atoms with Gasteiger partial charge in [0.1, 0.15) is 12.4 Å². The fourth-order valence-corrected chi connectivity index (χ4v) is 6.81. The summed E-state index contributed by atoms with van der Waals surface area (Å²) in [6.45, 7) is 3.91. The van der Waals surface area contributed by atoms with E-state index in [1.807, 2.05) is 18.2 Å². The van der Waals surface area contributed by atoms with Crippen molar-refractivity contribution in [1.82, 2.24) is 4.90 Å². The number of aromatic hydroxyl groups is 1. The SMILES string of the molecule is CCN(Cc1ccc(OCC2(N(C)C)CCCC2)c(F)c1)c1cc(OC)c(OC)cc1[C@@H]1CCc2cc(O)ccc2C1. The van der Waals surface area contributed by atoms with E-state index in [0.29, 0.717) is 36.1 Å². The van der Waals surface area contributed by atoms with E-state index in [2.05, 4.69) is 43.0 Å². The maximum absolute atomic E-state index is 15.4. The van der Waals surface area contributed by atoms with Gasteiger partial charge < -0.3 is 29.1 Å². The van der Waals surface area contributed by atoms with Gasteiger partial charge in [0.2, 0.25) is 0 Å². The molecule has 0 unspecified atom stereocenters. The first-order valence-electron chi connectivity index (χ1n) is 15.2. The van der Waals surface area contributed by atoms with Gasteiger partial charge in [-0.25, -0.2) is 4.39 Å². The molecule has 2 aliphatic rings. The summed E-state index contributed by atoms with van der Waals surface area (Å²) in [4.78, 5) is 4.51. The molecule has 1 saturated carbocycles. The Morgan fingerprint density at radius 1 is 0.929 bits per heavy atom. The molecular formula is C35H45FN2O4. The average molecular weight is 577 g/mol. The zero-order valence-corrected chi connectivity index (χ0v) is 25.7. The minimum atomic E-state index is -0.324. The van der Waals surface area contributed by atoms with Gasteiger partial charge >= 0.3 is 0 Å². The molecule has 6 nitrogen and oxygen atoms in total. The predicted octanol–water partition coefficient (Wildman–Crippen LogP) is 7.10. The number of ether oxygens (including phenoxy) is 3. The Balaban J connectivity index is 1.39. The van der Waals surface area contributed by atoms with Crippen LogP contribution in [0.4, 0.5) is 10.1 Å². The molecule has 42 heavy (non-hydrogen) atoms. The first-order chi connectivity index (χ1) is 20.3. The number of benzene rings is 3. The molecule has 5 rings (SSSR count). The lowest BCUT2D eigenvalue weighted by Gasteiger charge is -2.36. The van der Waals surface area contributed by atoms with Crippen LogP contribution in [0.15, 0.2) is 48.5 Å². The molecule has 0 bridgehead atoms. The van der Waals surface area contributed by atoms with E-state index < -0.39 is 0 Å². The van der Waals surface area contributed by atoms with Gasteiger partial charge in [0.25, 0.3) is 0 Å². The number of fused-ring (bicyclic) bond motifs is 1. The maximum atomic E-state index is 15.4. The van der Waals surface area contributed by atoms with E-state index in [-0.39, 0.29) is 17.3 Å². The van der Waals surface area contributed by atoms with Crippen LogP contribution in [0.3, 0.4) is 0 Å². The molecule has 226 valence electrons. The van der Waals surface area contributed by atoms with E-state index in [1.165, 1.54) is 29.5 Å². The Kier molecular flexibility index (Phi) is 9.16. The zero-order chi connectivity index (χ0) is 29.9. The van der Waals surface area contributed by atoms with E-state index in [9.17, 15) is 5.11 Å². The molecule has 0 amide bonds. The van der Waals surface area contributed by atoms with Crippen molar-refractivity contribution in [3.63, 3.8) is 0 Å². The second-order valence-electron chi connectivity index (χ2n) is 12.1. The Morgan fingerprint density at radius 3 is 2.33 bits per heavy atom. The Labute approximate surface area is 250 Å². The number of anilines is 1. The third-order valence-electron chi connectivity index (χ3n) is 9.46. The first kappa shape index (κ1) is 30.0. The standard InChI is InChI=1S/C35H45FN2O4/c1-6-38(22-24-9-14-32(30(36)17-24)42-23-35(37(2)3)15-7-8-16-35)31-21-34(41-5)33(40-4)20-29(31)27-11-10-26-19-28(39)13-12-25(26)18-27/h9,12-14,17,19-21,27,39H,6-8,10-11,15-16,18,22-23H2,1-5H3/t27-/m1/s1. The number of nitrogens with zero attached hydrogens (tertiary/aromatic N) is 2. The summed E-state index contributed by atoms with van der Waals surface area (Å²) >= 11 is 0. The van der Waals surface area contributed by atoms with Crippen LogP contribution in [0.5, 0.6) is 23.0 Å². The van der Waals surface area contributed by atoms with Crippen LogP contribution in [0.1, 0.15) is 67.2 Å². The summed E-state index contributed by atoms with van der Waals surface area (Å²) in [6.07, 6.45) is 7.27. The van der Waals surface area contributed by atoms with Crippen LogP contribution in [0.2, 0.25) is 0 Å². The molecule has 1 fully saturated rings. The van der Waals surface area contributed by atoms with Crippen molar-refractivity contribution in [2.75, 3.05) is 46.4 Å². The van der Waals surface area contributed by atoms with Gasteiger partial charge in [0.15, 0.2) is 23.1 Å². The molecule has 3 aromatic carbocycles. The Morgan fingerprint density at radius 2 is 1.67 bits per heavy atom. The minimum absolute atomic E-state index is 0.0199. The highest BCUT2D eigenvalue weighted by Gasteiger charge is 2.37. The third kappa shape index (κ3) is 6.17. The second kappa shape index (κ2) is 12.8. The highest BCUT2D eigenvalue weighted by atomic mass is 19.1. The molecule has 0 heterocycles. The van der Waals surface area contributed by atoms with Gasteiger partial charge in [-0.15, -0.1) is 0 Å². The van der Waals surface area contributed by atoms with E-state index in [0.717, 1.165) is 49.9 Å². The van der Waals surface area contributed by atoms with Crippen molar-refractivity contribution in [3.8, 4) is 23.0 Å². The fourth-order valence-electron chi connectivity index (χ4n) is 6.81. The molecule has 7 heteroatoms. The first-order valence-corrected chi connectivity index (χ1v) is 15.2.